The van der Waals surface area contributed by atoms with E-state index in [4.69, 9.17) is 15.5 Å². The van der Waals surface area contributed by atoms with E-state index in [1.165, 1.54) is 57.1 Å². The number of anilines is 1. The van der Waals surface area contributed by atoms with Gasteiger partial charge in [-0.25, -0.2) is 0 Å². The summed E-state index contributed by atoms with van der Waals surface area (Å²) >= 11 is 0. The molecule has 5 saturated heterocycles. The lowest BCUT2D eigenvalue weighted by Crippen LogP contribution is -2.56. The van der Waals surface area contributed by atoms with Gasteiger partial charge in [0.1, 0.15) is 11.9 Å². The highest BCUT2D eigenvalue weighted by molar-refractivity contribution is 5.81. The van der Waals surface area contributed by atoms with Crippen LogP contribution in [0.5, 0.6) is 5.75 Å². The first-order valence-electron chi connectivity index (χ1n) is 21.5. The number of nitrogens with two attached hydrogens (primary N) is 1. The number of carbonyl (C=O) groups excluding carboxylic acids is 3. The molecule has 14 nitrogen and oxygen atoms in total. The molecule has 55 heavy (non-hydrogen) atoms. The van der Waals surface area contributed by atoms with Crippen LogP contribution in [0.25, 0.3) is 0 Å². The molecule has 1 atom stereocenters. The SMILES string of the molecule is NOc1ccc(N2CCN(CC(=O)N3CCN(C4CCCC4)CC3)CC2)cc1.O=C(CN1CCN(C(=O)C2CCCO2)CC1)N1CCN(C2CCCC2)CC1. The van der Waals surface area contributed by atoms with Gasteiger partial charge in [0.05, 0.1) is 13.1 Å². The summed E-state index contributed by atoms with van der Waals surface area (Å²) in [6.07, 6.45) is 12.5. The first-order chi connectivity index (χ1) is 26.9. The van der Waals surface area contributed by atoms with E-state index in [1.807, 2.05) is 34.1 Å². The molecule has 0 radical (unpaired) electrons. The van der Waals surface area contributed by atoms with Crippen LogP contribution in [0, 0.1) is 0 Å². The van der Waals surface area contributed by atoms with Crippen molar-refractivity contribution in [1.82, 2.24) is 34.3 Å². The lowest BCUT2D eigenvalue weighted by molar-refractivity contribution is -0.143. The molecule has 5 heterocycles. The van der Waals surface area contributed by atoms with Crippen molar-refractivity contribution in [3.8, 4) is 5.75 Å². The van der Waals surface area contributed by atoms with Crippen LogP contribution in [0.4, 0.5) is 5.69 Å². The number of ether oxygens (including phenoxy) is 1. The first kappa shape index (κ1) is 40.2. The summed E-state index contributed by atoms with van der Waals surface area (Å²) in [4.78, 5) is 60.6. The van der Waals surface area contributed by atoms with Crippen molar-refractivity contribution in [2.24, 2.45) is 5.90 Å². The average molecular weight is 766 g/mol. The summed E-state index contributed by atoms with van der Waals surface area (Å²) in [5, 5.41) is 0. The Morgan fingerprint density at radius 1 is 0.564 bits per heavy atom. The van der Waals surface area contributed by atoms with E-state index in [0.29, 0.717) is 44.4 Å². The van der Waals surface area contributed by atoms with Gasteiger partial charge in [-0.15, -0.1) is 0 Å². The monoisotopic (exact) mass is 766 g/mol. The van der Waals surface area contributed by atoms with E-state index in [2.05, 4.69) is 29.4 Å². The number of nitrogens with zero attached hydrogens (tertiary/aromatic N) is 8. The van der Waals surface area contributed by atoms with Gasteiger partial charge in [0.2, 0.25) is 11.8 Å². The highest BCUT2D eigenvalue weighted by atomic mass is 16.6. The Kier molecular flexibility index (Phi) is 14.6. The number of benzene rings is 1. The number of hydrogen-bond acceptors (Lipinski definition) is 11. The predicted octanol–water partition coefficient (Wildman–Crippen LogP) is 1.54. The number of carbonyl (C=O) groups is 3. The first-order valence-corrected chi connectivity index (χ1v) is 21.5. The normalized spacial score (nSPS) is 25.7. The summed E-state index contributed by atoms with van der Waals surface area (Å²) in [6.45, 7) is 16.1. The molecule has 14 heteroatoms. The van der Waals surface area contributed by atoms with Crippen LogP contribution in [0.2, 0.25) is 0 Å². The van der Waals surface area contributed by atoms with Gasteiger partial charge in [-0.1, -0.05) is 25.7 Å². The number of piperazine rings is 4. The second kappa shape index (κ2) is 19.9. The van der Waals surface area contributed by atoms with Crippen LogP contribution in [-0.2, 0) is 19.1 Å². The third-order valence-electron chi connectivity index (χ3n) is 13.3. The molecule has 3 amide bonds. The molecule has 306 valence electrons. The van der Waals surface area contributed by atoms with Crippen LogP contribution >= 0.6 is 0 Å². The topological polar surface area (TPSA) is 122 Å². The van der Waals surface area contributed by atoms with Crippen LogP contribution in [0.3, 0.4) is 0 Å². The molecule has 7 fully saturated rings. The van der Waals surface area contributed by atoms with Gasteiger partial charge in [-0.2, -0.15) is 5.90 Å². The maximum absolute atomic E-state index is 12.7. The fraction of sp³-hybridized carbons (Fsp3) is 0.780. The Balaban J connectivity index is 0.000000169. The van der Waals surface area contributed by atoms with Crippen molar-refractivity contribution in [3.05, 3.63) is 24.3 Å². The largest absolute Gasteiger partial charge is 0.412 e. The molecule has 2 saturated carbocycles. The van der Waals surface area contributed by atoms with Gasteiger partial charge in [-0.3, -0.25) is 34.0 Å². The average Bonchev–Trinajstić information content (AvgIpc) is 4.07. The number of amides is 3. The molecule has 1 unspecified atom stereocenters. The fourth-order valence-corrected chi connectivity index (χ4v) is 9.80. The van der Waals surface area contributed by atoms with Crippen molar-refractivity contribution >= 4 is 23.4 Å². The summed E-state index contributed by atoms with van der Waals surface area (Å²) in [7, 11) is 0. The molecule has 2 aliphatic carbocycles. The summed E-state index contributed by atoms with van der Waals surface area (Å²) < 4.78 is 5.51. The molecule has 1 aromatic rings. The minimum absolute atomic E-state index is 0.140. The van der Waals surface area contributed by atoms with Crippen LogP contribution in [0.1, 0.15) is 64.2 Å². The standard InChI is InChI=1S/C21H33N5O2.C20H34N4O3/c22-28-20-7-5-19(6-8-20)24-11-9-23(10-12-24)17-21(27)26-15-13-25(14-16-26)18-3-1-2-4-18;25-19(23-13-11-22(12-14-23)17-4-1-2-5-17)16-21-7-9-24(10-8-21)20(26)18-6-3-15-27-18/h5-8,18H,1-4,9-17,22H2;17-18H,1-16H2. The molecular weight excluding hydrogens is 699 g/mol. The third-order valence-corrected chi connectivity index (χ3v) is 13.3. The van der Waals surface area contributed by atoms with Gasteiger partial charge >= 0.3 is 0 Å². The van der Waals surface area contributed by atoms with Gasteiger partial charge in [0, 0.05) is 129 Å². The maximum atomic E-state index is 12.7. The molecule has 5 aliphatic heterocycles. The van der Waals surface area contributed by atoms with Gasteiger partial charge < -0.3 is 29.2 Å². The molecule has 0 spiro atoms. The van der Waals surface area contributed by atoms with Crippen molar-refractivity contribution in [3.63, 3.8) is 0 Å². The van der Waals surface area contributed by atoms with Crippen molar-refractivity contribution < 1.29 is 24.0 Å². The Bertz CT molecular complexity index is 1350. The van der Waals surface area contributed by atoms with Crippen LogP contribution in [-0.4, -0.2) is 195 Å². The van der Waals surface area contributed by atoms with Crippen molar-refractivity contribution in [1.29, 1.82) is 0 Å². The Morgan fingerprint density at radius 3 is 1.45 bits per heavy atom. The predicted molar refractivity (Wildman–Crippen MR) is 213 cm³/mol. The van der Waals surface area contributed by atoms with E-state index in [9.17, 15) is 14.4 Å². The Morgan fingerprint density at radius 2 is 1.02 bits per heavy atom. The maximum Gasteiger partial charge on any atom is 0.251 e. The molecular formula is C41H67N9O5. The van der Waals surface area contributed by atoms with E-state index >= 15 is 0 Å². The zero-order chi connectivity index (χ0) is 38.0. The van der Waals surface area contributed by atoms with Crippen LogP contribution < -0.4 is 15.6 Å². The molecule has 0 aromatic heterocycles. The van der Waals surface area contributed by atoms with E-state index in [-0.39, 0.29) is 17.9 Å². The zero-order valence-electron chi connectivity index (χ0n) is 33.2. The second-order valence-corrected chi connectivity index (χ2v) is 16.7. The van der Waals surface area contributed by atoms with E-state index in [0.717, 1.165) is 117 Å². The van der Waals surface area contributed by atoms with Gasteiger partial charge in [-0.05, 0) is 62.8 Å². The summed E-state index contributed by atoms with van der Waals surface area (Å²) in [6, 6.07) is 9.37. The minimum Gasteiger partial charge on any atom is -0.412 e. The van der Waals surface area contributed by atoms with E-state index in [1.54, 1.807) is 0 Å². The third kappa shape index (κ3) is 10.9. The van der Waals surface area contributed by atoms with Gasteiger partial charge in [0.15, 0.2) is 0 Å². The molecule has 0 bridgehead atoms. The second-order valence-electron chi connectivity index (χ2n) is 16.7. The Labute approximate surface area is 328 Å². The lowest BCUT2D eigenvalue weighted by Gasteiger charge is -2.40. The van der Waals surface area contributed by atoms with E-state index < -0.39 is 0 Å². The molecule has 8 rings (SSSR count). The Hall–Kier alpha value is -3.01. The molecule has 2 N–H and O–H groups in total. The number of hydrogen-bond donors (Lipinski definition) is 1. The van der Waals surface area contributed by atoms with Crippen molar-refractivity contribution in [2.45, 2.75) is 82.4 Å². The van der Waals surface area contributed by atoms with Gasteiger partial charge in [0.25, 0.3) is 5.91 Å². The zero-order valence-corrected chi connectivity index (χ0v) is 33.2. The lowest BCUT2D eigenvalue weighted by atomic mass is 10.1. The highest BCUT2D eigenvalue weighted by Gasteiger charge is 2.33. The quantitative estimate of drug-likeness (QED) is 0.369. The summed E-state index contributed by atoms with van der Waals surface area (Å²) in [5.74, 6) is 6.54. The minimum atomic E-state index is -0.227. The molecule has 1 aromatic carbocycles. The number of rotatable bonds is 9. The summed E-state index contributed by atoms with van der Waals surface area (Å²) in [5.41, 5.74) is 1.18. The van der Waals surface area contributed by atoms with Crippen molar-refractivity contribution in [2.75, 3.05) is 129 Å². The fourth-order valence-electron chi connectivity index (χ4n) is 9.80. The molecule has 7 aliphatic rings. The smallest absolute Gasteiger partial charge is 0.251 e. The highest BCUT2D eigenvalue weighted by Crippen LogP contribution is 2.26. The van der Waals surface area contributed by atoms with Crippen LogP contribution in [0.15, 0.2) is 24.3 Å².